The molecule has 0 bridgehead atoms. The molecule has 298 valence electrons. The number of nitrogens with zero attached hydrogens (tertiary/aromatic N) is 6. The van der Waals surface area contributed by atoms with Crippen LogP contribution in [0, 0.1) is 11.8 Å². The van der Waals surface area contributed by atoms with E-state index in [0.717, 1.165) is 75.9 Å². The number of hydrogen-bond acceptors (Lipinski definition) is 9. The zero-order valence-electron chi connectivity index (χ0n) is 32.9. The van der Waals surface area contributed by atoms with Gasteiger partial charge in [-0.3, -0.25) is 4.79 Å². The van der Waals surface area contributed by atoms with E-state index in [1.54, 1.807) is 36.0 Å². The third kappa shape index (κ3) is 10.2. The minimum Gasteiger partial charge on any atom is -0.478 e. The molecule has 2 atom stereocenters. The van der Waals surface area contributed by atoms with Crippen LogP contribution in [-0.4, -0.2) is 119 Å². The number of aromatic carboxylic acids is 1. The summed E-state index contributed by atoms with van der Waals surface area (Å²) < 4.78 is 3.52. The number of fused-ring (bicyclic) bond motifs is 2. The van der Waals surface area contributed by atoms with Gasteiger partial charge in [-0.05, 0) is 123 Å². The van der Waals surface area contributed by atoms with Crippen LogP contribution < -0.4 is 0 Å². The van der Waals surface area contributed by atoms with E-state index < -0.39 is 17.2 Å². The van der Waals surface area contributed by atoms with E-state index in [9.17, 15) is 24.9 Å². The molecule has 0 aromatic carbocycles. The average molecular weight is 790 g/mol. The highest BCUT2D eigenvalue weighted by molar-refractivity contribution is 6.36. The Morgan fingerprint density at radius 1 is 0.741 bits per heavy atom. The van der Waals surface area contributed by atoms with Gasteiger partial charge in [0.05, 0.1) is 49.2 Å². The fraction of sp³-hybridized carbons (Fsp3) is 0.600. The summed E-state index contributed by atoms with van der Waals surface area (Å²) in [5.74, 6) is 0.125. The number of carbonyl (C=O) groups excluding carboxylic acids is 1. The second-order valence-electron chi connectivity index (χ2n) is 16.1. The second-order valence-corrected chi connectivity index (χ2v) is 16.8. The molecule has 2 unspecified atom stereocenters. The molecule has 0 radical (unpaired) electrons. The van der Waals surface area contributed by atoms with Crippen molar-refractivity contribution in [3.05, 3.63) is 69.2 Å². The van der Waals surface area contributed by atoms with Crippen LogP contribution in [0.2, 0.25) is 10.0 Å². The van der Waals surface area contributed by atoms with Crippen molar-refractivity contribution >= 4 is 46.0 Å². The lowest BCUT2D eigenvalue weighted by atomic mass is 9.83. The first kappa shape index (κ1) is 43.6. The Labute approximate surface area is 328 Å². The van der Waals surface area contributed by atoms with Crippen LogP contribution in [0.4, 0.5) is 0 Å². The maximum atomic E-state index is 12.1. The van der Waals surface area contributed by atoms with Gasteiger partial charge in [0.25, 0.3) is 0 Å². The molecule has 2 saturated heterocycles. The van der Waals surface area contributed by atoms with Crippen molar-refractivity contribution in [1.29, 1.82) is 0 Å². The molecule has 4 aromatic heterocycles. The first-order valence-corrected chi connectivity index (χ1v) is 19.5. The maximum absolute atomic E-state index is 12.1. The van der Waals surface area contributed by atoms with E-state index in [1.807, 2.05) is 44.3 Å². The van der Waals surface area contributed by atoms with Crippen LogP contribution >= 0.6 is 23.2 Å². The highest BCUT2D eigenvalue weighted by Crippen LogP contribution is 2.41. The van der Waals surface area contributed by atoms with Crippen molar-refractivity contribution in [3.63, 3.8) is 0 Å². The van der Waals surface area contributed by atoms with Crippen LogP contribution in [0.3, 0.4) is 0 Å². The zero-order chi connectivity index (χ0) is 40.1. The van der Waals surface area contributed by atoms with Crippen LogP contribution in [-0.2, 0) is 0 Å². The Hall–Kier alpha value is -3.10. The number of hydrogen-bond donors (Lipinski definition) is 4. The average Bonchev–Trinajstić information content (AvgIpc) is 3.58. The van der Waals surface area contributed by atoms with E-state index in [0.29, 0.717) is 46.1 Å². The van der Waals surface area contributed by atoms with Crippen molar-refractivity contribution in [1.82, 2.24) is 29.0 Å². The Balaban J connectivity index is 0.000000230. The van der Waals surface area contributed by atoms with Crippen LogP contribution in [0.1, 0.15) is 118 Å². The lowest BCUT2D eigenvalue weighted by molar-refractivity contribution is 0.0225. The highest BCUT2D eigenvalue weighted by Gasteiger charge is 2.34. The first-order chi connectivity index (χ1) is 25.4. The predicted octanol–water partition coefficient (Wildman–Crippen LogP) is 6.66. The summed E-state index contributed by atoms with van der Waals surface area (Å²) in [5, 5.41) is 46.2. The van der Waals surface area contributed by atoms with E-state index >= 15 is 0 Å². The van der Waals surface area contributed by atoms with Gasteiger partial charge in [-0.2, -0.15) is 10.2 Å². The van der Waals surface area contributed by atoms with Gasteiger partial charge in [-0.1, -0.05) is 37.0 Å². The van der Waals surface area contributed by atoms with Crippen molar-refractivity contribution < 1.29 is 30.0 Å². The molecular weight excluding hydrogens is 731 g/mol. The Morgan fingerprint density at radius 3 is 1.43 bits per heavy atom. The molecule has 2 aliphatic rings. The lowest BCUT2D eigenvalue weighted by Crippen LogP contribution is -2.43. The summed E-state index contributed by atoms with van der Waals surface area (Å²) in [5.41, 5.74) is 2.37. The number of aliphatic hydroxyl groups is 3. The molecule has 0 aliphatic carbocycles. The number of aliphatic hydroxyl groups excluding tert-OH is 1. The Kier molecular flexibility index (Phi) is 14.7. The molecule has 2 fully saturated rings. The SMILES string of the molecule is CC(=O)c1c(Cl)c(C(C)C2CCN(CC(C)(C)O)CC2)n2ncccc12.CC(c1c(Cl)c(C(=O)O)c2cccnn12)C1CCN(CC(C)(C)O)CC1.CO. The van der Waals surface area contributed by atoms with Gasteiger partial charge in [0.1, 0.15) is 5.56 Å². The lowest BCUT2D eigenvalue weighted by Gasteiger charge is -2.37. The van der Waals surface area contributed by atoms with Crippen LogP contribution in [0.15, 0.2) is 36.7 Å². The molecule has 6 heterocycles. The summed E-state index contributed by atoms with van der Waals surface area (Å²) in [6.45, 7) is 18.3. The predicted molar refractivity (Wildman–Crippen MR) is 213 cm³/mol. The van der Waals surface area contributed by atoms with Crippen molar-refractivity contribution in [2.75, 3.05) is 46.4 Å². The van der Waals surface area contributed by atoms with Crippen molar-refractivity contribution in [2.45, 2.75) is 97.2 Å². The molecule has 4 N–H and O–H groups in total. The summed E-state index contributed by atoms with van der Waals surface area (Å²) in [6.07, 6.45) is 7.44. The van der Waals surface area contributed by atoms with Gasteiger partial charge in [0, 0.05) is 44.4 Å². The topological polar surface area (TPSA) is 156 Å². The van der Waals surface area contributed by atoms with Gasteiger partial charge in [0.15, 0.2) is 5.78 Å². The van der Waals surface area contributed by atoms with E-state index in [2.05, 4.69) is 33.8 Å². The number of carboxylic acid groups (broad SMARTS) is 1. The van der Waals surface area contributed by atoms with Crippen molar-refractivity contribution in [3.8, 4) is 0 Å². The molecule has 4 aromatic rings. The fourth-order valence-electron chi connectivity index (χ4n) is 8.26. The minimum absolute atomic E-state index is 0.0288. The van der Waals surface area contributed by atoms with Crippen molar-refractivity contribution in [2.24, 2.45) is 11.8 Å². The third-order valence-electron chi connectivity index (χ3n) is 10.7. The number of carboxylic acids is 1. The summed E-state index contributed by atoms with van der Waals surface area (Å²) >= 11 is 13.1. The molecule has 2 aliphatic heterocycles. The quantitative estimate of drug-likeness (QED) is 0.128. The molecule has 12 nitrogen and oxygen atoms in total. The number of carbonyl (C=O) groups is 2. The minimum atomic E-state index is -1.03. The molecule has 0 spiro atoms. The van der Waals surface area contributed by atoms with E-state index in [-0.39, 0.29) is 23.2 Å². The largest absolute Gasteiger partial charge is 0.478 e. The monoisotopic (exact) mass is 788 g/mol. The Bertz CT molecular complexity index is 1750. The number of halogens is 2. The van der Waals surface area contributed by atoms with Gasteiger partial charge in [-0.15, -0.1) is 0 Å². The first-order valence-electron chi connectivity index (χ1n) is 18.8. The molecule has 6 rings (SSSR count). The number of Topliss-reactive ketones (excluding diaryl/α,β-unsaturated/α-hetero) is 1. The van der Waals surface area contributed by atoms with E-state index in [1.165, 1.54) is 0 Å². The maximum Gasteiger partial charge on any atom is 0.339 e. The number of ketones is 1. The van der Waals surface area contributed by atoms with Gasteiger partial charge >= 0.3 is 5.97 Å². The van der Waals surface area contributed by atoms with Gasteiger partial charge in [-0.25, -0.2) is 13.8 Å². The number of rotatable bonds is 10. The zero-order valence-corrected chi connectivity index (χ0v) is 34.4. The highest BCUT2D eigenvalue weighted by atomic mass is 35.5. The standard InChI is InChI=1S/C20H28ClN3O2.C19H26ClN3O3.CH4O/c1-13(15-7-10-23(11-8-15)12-20(3,4)26)19-18(21)17(14(2)25)16-6-5-9-22-24(16)19;1-12(13-6-9-22(10-7-13)11-19(2,3)26)17-16(20)15(18(24)25)14-5-4-8-21-23(14)17;1-2/h5-6,9,13,15,26H,7-8,10-12H2,1-4H3;4-5,8,12-13,26H,6-7,9-11H2,1-3H3,(H,24,25);2H,1H3. The number of aromatic nitrogens is 4. The molecule has 14 heteroatoms. The van der Waals surface area contributed by atoms with Gasteiger partial charge < -0.3 is 30.2 Å². The molecule has 0 amide bonds. The normalized spacial score (nSPS) is 17.8. The smallest absolute Gasteiger partial charge is 0.339 e. The summed E-state index contributed by atoms with van der Waals surface area (Å²) in [4.78, 5) is 28.4. The second kappa shape index (κ2) is 18.2. The van der Waals surface area contributed by atoms with Crippen LogP contribution in [0.5, 0.6) is 0 Å². The molecule has 0 saturated carbocycles. The summed E-state index contributed by atoms with van der Waals surface area (Å²) in [7, 11) is 1.00. The van der Waals surface area contributed by atoms with Crippen LogP contribution in [0.25, 0.3) is 11.0 Å². The number of likely N-dealkylation sites (tertiary alicyclic amines) is 2. The summed E-state index contributed by atoms with van der Waals surface area (Å²) in [6, 6.07) is 7.20. The number of piperidine rings is 2. The number of β-amino-alcohol motifs (C(OH)–C–C–N with tert-alkyl or cyclic N) is 2. The van der Waals surface area contributed by atoms with E-state index in [4.69, 9.17) is 28.3 Å². The Morgan fingerprint density at radius 2 is 1.09 bits per heavy atom. The molecular formula is C40H58Cl2N6O6. The third-order valence-corrected chi connectivity index (χ3v) is 11.5. The van der Waals surface area contributed by atoms with Gasteiger partial charge in [0.2, 0.25) is 0 Å². The molecule has 54 heavy (non-hydrogen) atoms. The fourth-order valence-corrected chi connectivity index (χ4v) is 9.17.